The van der Waals surface area contributed by atoms with Gasteiger partial charge < -0.3 is 141 Å². The number of nitrogens with two attached hydrogens (primary N) is 7. The van der Waals surface area contributed by atoms with Gasteiger partial charge in [-0.05, 0) is 163 Å². The number of para-hydroxylation sites is 1. The Morgan fingerprint density at radius 3 is 1.13 bits per heavy atom. The molecule has 141 heavy (non-hydrogen) atoms. The smallest absolute Gasteiger partial charge is 0.245 e. The fourth-order valence-electron chi connectivity index (χ4n) is 15.1. The molecule has 34 N–H and O–H groups in total. The third kappa shape index (κ3) is 46.5. The van der Waals surface area contributed by atoms with Gasteiger partial charge in [0.1, 0.15) is 90.6 Å². The third-order valence-electron chi connectivity index (χ3n) is 23.4. The molecule has 0 aliphatic heterocycles. The summed E-state index contributed by atoms with van der Waals surface area (Å²) in [4.78, 5) is 282. The number of amides is 20. The van der Waals surface area contributed by atoms with Crippen LogP contribution in [0, 0.1) is 52.8 Å². The second kappa shape index (κ2) is 63.2. The molecule has 0 radical (unpaired) electrons. The molecule has 0 aliphatic rings. The minimum Gasteiger partial charge on any atom is -0.391 e. The summed E-state index contributed by atoms with van der Waals surface area (Å²) >= 11 is 0. The van der Waals surface area contributed by atoms with Crippen LogP contribution in [0.3, 0.4) is 0 Å². The molecule has 0 bridgehead atoms. The number of hydrogen-bond acceptors (Lipinski definition) is 24. The molecule has 0 aliphatic carbocycles. The number of carbonyl (C=O) groups excluding carboxylic acids is 20. The Balaban J connectivity index is 2.55. The fourth-order valence-corrected chi connectivity index (χ4v) is 15.1. The zero-order valence-electron chi connectivity index (χ0n) is 85.0. The van der Waals surface area contributed by atoms with E-state index in [1.165, 1.54) is 13.8 Å². The predicted octanol–water partition coefficient (Wildman–Crippen LogP) is -3.52. The highest BCUT2D eigenvalue weighted by molar-refractivity contribution is 6.02. The summed E-state index contributed by atoms with van der Waals surface area (Å²) in [6.07, 6.45) is -1.63. The number of rotatable bonds is 68. The summed E-state index contributed by atoms with van der Waals surface area (Å²) in [5, 5.41) is 63.5. The Labute approximate surface area is 825 Å². The first-order valence-corrected chi connectivity index (χ1v) is 48.7. The number of carbonyl (C=O) groups is 20. The average molecular weight is 1990 g/mol. The molecular weight excluding hydrogens is 1830 g/mol. The monoisotopic (exact) mass is 1990 g/mol. The maximum absolute atomic E-state index is 14.8. The van der Waals surface area contributed by atoms with Crippen LogP contribution >= 0.6 is 0 Å². The standard InChI is InChI=1S/C94H162N26O21/c1-19-52(15)75(117-73(125)45-105-81(129)69(43-56-44-104-59-27-22-21-26-57(56)59)116-90(138)74(51(13)14)118-93(141)77(55(18)121)120-89(137)68(42-50(11)12)115-85(133)64(32-35-72(99)124)110-87(135)66(40-48(7)8)113-80(128)58(96)38-46(3)4)91(139)111-60(28-23-24-36-95)83(131)108-63(31-34-71(98)123)84(132)114-67(41-49(9)10)88(136)109-62(30-33-70(97)122)82(130)106-54(17)79(127)107-61(29-25-37-103-94(101)102)86(134)119-76(53(16)20-2)92(140)112-65(78(100)126)39-47(5)6/h21-22,26-27,44,46-55,58,60-69,74-77,104,121H,19-20,23-25,28-43,45,95-96H2,1-18H3,(H2,97,122)(H2,98,123)(H2,99,124)(H2,100,126)(H,105,129)(H,106,130)(H,107,127)(H,108,131)(H,109,136)(H,110,135)(H,111,139)(H,112,140)(H,113,128)(H,114,132)(H,115,133)(H,116,138)(H,117,125)(H,118,141)(H,119,134)(H,120,137)(H4,101,102,103)/t52-,53-,54-,55+,58-,60-,61-,62-,63-,64-,65-,66-,67-,68-,69-,74-,75-,76-,77-/m0/s1. The number of nitrogens with one attached hydrogen (secondary N) is 19. The van der Waals surface area contributed by atoms with Crippen LogP contribution in [0.4, 0.5) is 0 Å². The van der Waals surface area contributed by atoms with Gasteiger partial charge >= 0.3 is 0 Å². The Morgan fingerprint density at radius 2 is 0.709 bits per heavy atom. The van der Waals surface area contributed by atoms with Gasteiger partial charge in [-0.3, -0.25) is 101 Å². The van der Waals surface area contributed by atoms with Crippen molar-refractivity contribution in [3.05, 3.63) is 36.0 Å². The van der Waals surface area contributed by atoms with Gasteiger partial charge in [0, 0.05) is 49.3 Å². The topological polar surface area (TPSA) is 788 Å². The van der Waals surface area contributed by atoms with Crippen molar-refractivity contribution in [2.45, 2.75) is 349 Å². The zero-order valence-corrected chi connectivity index (χ0v) is 85.0. The molecule has 2 rings (SSSR count). The van der Waals surface area contributed by atoms with Crippen molar-refractivity contribution < 1.29 is 101 Å². The molecular formula is C94H162N26O21. The van der Waals surface area contributed by atoms with E-state index in [2.05, 4.69) is 95.4 Å². The van der Waals surface area contributed by atoms with Crippen LogP contribution in [0.15, 0.2) is 30.5 Å². The van der Waals surface area contributed by atoms with Gasteiger partial charge in [0.15, 0.2) is 5.96 Å². The molecule has 0 saturated carbocycles. The van der Waals surface area contributed by atoms with Crippen molar-refractivity contribution >= 4 is 135 Å². The summed E-state index contributed by atoms with van der Waals surface area (Å²) in [6.45, 7) is 29.5. The number of H-pyrrole nitrogens is 1. The maximum atomic E-state index is 14.8. The molecule has 1 aromatic heterocycles. The van der Waals surface area contributed by atoms with Crippen LogP contribution in [0.5, 0.6) is 0 Å². The van der Waals surface area contributed by atoms with Crippen molar-refractivity contribution in [1.29, 1.82) is 5.41 Å². The molecule has 1 aromatic carbocycles. The predicted molar refractivity (Wildman–Crippen MR) is 527 cm³/mol. The minimum absolute atomic E-state index is 0.0421. The maximum Gasteiger partial charge on any atom is 0.245 e. The van der Waals surface area contributed by atoms with Gasteiger partial charge in [0.25, 0.3) is 0 Å². The molecule has 1 heterocycles. The number of aromatic amines is 1. The van der Waals surface area contributed by atoms with E-state index in [-0.39, 0.29) is 113 Å². The Bertz CT molecular complexity index is 4520. The molecule has 20 amide bonds. The third-order valence-corrected chi connectivity index (χ3v) is 23.4. The molecule has 2 aromatic rings. The van der Waals surface area contributed by atoms with Gasteiger partial charge in [-0.15, -0.1) is 0 Å². The van der Waals surface area contributed by atoms with Crippen LogP contribution < -0.4 is 131 Å². The molecule has 47 heteroatoms. The van der Waals surface area contributed by atoms with Crippen LogP contribution in [0.1, 0.15) is 246 Å². The number of hydrogen-bond donors (Lipinski definition) is 27. The van der Waals surface area contributed by atoms with E-state index in [4.69, 9.17) is 45.5 Å². The molecule has 0 fully saturated rings. The van der Waals surface area contributed by atoms with Crippen molar-refractivity contribution in [2.24, 2.45) is 87.5 Å². The number of primary amides is 4. The second-order valence-electron chi connectivity index (χ2n) is 38.8. The van der Waals surface area contributed by atoms with E-state index in [0.717, 1.165) is 0 Å². The van der Waals surface area contributed by atoms with E-state index < -0.39 is 283 Å². The number of benzene rings is 1. The van der Waals surface area contributed by atoms with Crippen molar-refractivity contribution in [2.75, 3.05) is 19.6 Å². The lowest BCUT2D eigenvalue weighted by atomic mass is 9.96. The highest BCUT2D eigenvalue weighted by atomic mass is 16.3. The molecule has 47 nitrogen and oxygen atoms in total. The van der Waals surface area contributed by atoms with Crippen molar-refractivity contribution in [1.82, 2.24) is 95.4 Å². The highest BCUT2D eigenvalue weighted by Crippen LogP contribution is 2.22. The Kier molecular flexibility index (Phi) is 55.7. The SMILES string of the molecule is CC[C@H](C)[C@H](NC(=O)CNC(=O)[C@H](Cc1c[nH]c2ccccc12)NC(=O)[C@@H](NC(=O)[C@@H](NC(=O)[C@H](CC(C)C)NC(=O)[C@H](CCC(N)=O)NC(=O)[C@H](CC(C)C)NC(=O)[C@@H](N)CC(C)C)[C@@H](C)O)C(C)C)C(=O)N[C@@H](CCCCN)C(=O)N[C@@H](CCC(N)=O)C(=O)N[C@@H](CC(C)C)C(=O)N[C@@H](CCC(N)=O)C(=O)N[C@@H](C)C(=O)N[C@@H](CCCNC(=N)N)C(=O)N[C@H](C(=O)N[C@@H](CC(C)C)C(N)=O)[C@@H](C)CC. The summed E-state index contributed by atoms with van der Waals surface area (Å²) in [5.41, 5.74) is 40.9. The number of guanidine groups is 1. The Hall–Kier alpha value is -12.7. The fraction of sp³-hybridized carbons (Fsp3) is 0.691. The minimum atomic E-state index is -1.82. The lowest BCUT2D eigenvalue weighted by Crippen LogP contribution is -2.62. The van der Waals surface area contributed by atoms with Gasteiger partial charge in [-0.1, -0.05) is 142 Å². The first-order chi connectivity index (χ1) is 65.9. The first kappa shape index (κ1) is 124. The molecule has 19 atom stereocenters. The van der Waals surface area contributed by atoms with Gasteiger partial charge in [-0.2, -0.15) is 0 Å². The average Bonchev–Trinajstić information content (AvgIpc) is 1.69. The van der Waals surface area contributed by atoms with Crippen LogP contribution in [-0.4, -0.2) is 257 Å². The highest BCUT2D eigenvalue weighted by Gasteiger charge is 2.41. The first-order valence-electron chi connectivity index (χ1n) is 48.7. The van der Waals surface area contributed by atoms with Gasteiger partial charge in [-0.25, -0.2) is 0 Å². The quantitative estimate of drug-likeness (QED) is 0.0173. The molecule has 794 valence electrons. The number of unbranched alkanes of at least 4 members (excludes halogenated alkanes) is 1. The molecule has 0 unspecified atom stereocenters. The number of fused-ring (bicyclic) bond motifs is 1. The summed E-state index contributed by atoms with van der Waals surface area (Å²) in [6, 6.07) is -16.0. The van der Waals surface area contributed by atoms with E-state index >= 15 is 0 Å². The summed E-state index contributed by atoms with van der Waals surface area (Å²) in [5.74, 6) is -21.5. The second-order valence-corrected chi connectivity index (χ2v) is 38.8. The lowest BCUT2D eigenvalue weighted by molar-refractivity contribution is -0.137. The van der Waals surface area contributed by atoms with Crippen LogP contribution in [0.25, 0.3) is 10.9 Å². The molecule has 0 saturated heterocycles. The van der Waals surface area contributed by atoms with Crippen molar-refractivity contribution in [3.63, 3.8) is 0 Å². The lowest BCUT2D eigenvalue weighted by Gasteiger charge is -2.30. The van der Waals surface area contributed by atoms with E-state index in [1.807, 2.05) is 27.7 Å². The van der Waals surface area contributed by atoms with Gasteiger partial charge in [0.2, 0.25) is 118 Å². The summed E-state index contributed by atoms with van der Waals surface area (Å²) in [7, 11) is 0. The normalized spacial score (nSPS) is 15.5. The largest absolute Gasteiger partial charge is 0.391 e. The van der Waals surface area contributed by atoms with E-state index in [1.54, 1.807) is 114 Å². The van der Waals surface area contributed by atoms with E-state index in [0.29, 0.717) is 35.7 Å². The number of aromatic nitrogens is 1. The molecule has 0 spiro atoms. The van der Waals surface area contributed by atoms with Crippen LogP contribution in [-0.2, 0) is 102 Å². The van der Waals surface area contributed by atoms with E-state index in [9.17, 15) is 101 Å². The van der Waals surface area contributed by atoms with Crippen molar-refractivity contribution in [3.8, 4) is 0 Å². The Morgan fingerprint density at radius 1 is 0.362 bits per heavy atom. The number of aliphatic hydroxyl groups excluding tert-OH is 1. The van der Waals surface area contributed by atoms with Crippen LogP contribution in [0.2, 0.25) is 0 Å². The number of aliphatic hydroxyl groups is 1. The van der Waals surface area contributed by atoms with Gasteiger partial charge in [0.05, 0.1) is 18.7 Å². The summed E-state index contributed by atoms with van der Waals surface area (Å²) < 4.78 is 0. The zero-order chi connectivity index (χ0) is 107.